The summed E-state index contributed by atoms with van der Waals surface area (Å²) in [6.45, 7) is 0.879. The van der Waals surface area contributed by atoms with Crippen molar-refractivity contribution in [2.24, 2.45) is 5.92 Å². The molecule has 0 aliphatic rings. The van der Waals surface area contributed by atoms with Crippen LogP contribution in [0.2, 0.25) is 5.02 Å². The molecule has 7 nitrogen and oxygen atoms in total. The molecule has 178 valence electrons. The Morgan fingerprint density at radius 1 is 1.21 bits per heavy atom. The molecule has 2 rings (SSSR count). The van der Waals surface area contributed by atoms with Gasteiger partial charge in [0.05, 0.1) is 10.9 Å². The molecular formula is C22H23ClF3N3O4. The normalized spacial score (nSPS) is 11.5. The van der Waals surface area contributed by atoms with Crippen LogP contribution in [0.5, 0.6) is 11.6 Å². The highest BCUT2D eigenvalue weighted by molar-refractivity contribution is 6.30. The van der Waals surface area contributed by atoms with E-state index < -0.39 is 24.3 Å². The summed E-state index contributed by atoms with van der Waals surface area (Å²) >= 11 is 5.58. The van der Waals surface area contributed by atoms with E-state index >= 15 is 0 Å². The highest BCUT2D eigenvalue weighted by Gasteiger charge is 2.15. The first kappa shape index (κ1) is 26.0. The van der Waals surface area contributed by atoms with Gasteiger partial charge >= 0.3 is 6.61 Å². The predicted octanol–water partition coefficient (Wildman–Crippen LogP) is 3.87. The molecule has 11 heteroatoms. The van der Waals surface area contributed by atoms with Crippen molar-refractivity contribution < 1.29 is 32.2 Å². The van der Waals surface area contributed by atoms with Crippen molar-refractivity contribution >= 4 is 23.4 Å². The van der Waals surface area contributed by atoms with Crippen LogP contribution >= 0.6 is 11.6 Å². The topological polar surface area (TPSA) is 89.5 Å². The number of hydrogen-bond donors (Lipinski definition) is 2. The molecule has 0 saturated heterocycles. The van der Waals surface area contributed by atoms with E-state index in [2.05, 4.69) is 26.9 Å². The molecule has 33 heavy (non-hydrogen) atoms. The van der Waals surface area contributed by atoms with Gasteiger partial charge in [0, 0.05) is 31.4 Å². The van der Waals surface area contributed by atoms with Crippen LogP contribution in [-0.2, 0) is 16.1 Å². The molecule has 0 aliphatic heterocycles. The van der Waals surface area contributed by atoms with E-state index in [0.717, 1.165) is 6.07 Å². The van der Waals surface area contributed by atoms with Gasteiger partial charge in [-0.3, -0.25) is 9.59 Å². The standard InChI is InChI=1S/C22H23ClF3N3O4/c1-2-15(21(31)29-12-14-5-8-20(28-11-14)33-22(25)26)4-3-9-27-19(30)13-32-16-6-7-17(23)18(24)10-16/h2,5-8,10-11,15,22H,1,3-4,9,12-13H2,(H,27,30)(H,29,31). The molecule has 1 heterocycles. The van der Waals surface area contributed by atoms with Crippen molar-refractivity contribution in [3.63, 3.8) is 0 Å². The van der Waals surface area contributed by atoms with Gasteiger partial charge in [0.25, 0.3) is 5.91 Å². The Morgan fingerprint density at radius 3 is 2.64 bits per heavy atom. The monoisotopic (exact) mass is 485 g/mol. The van der Waals surface area contributed by atoms with Crippen LogP contribution < -0.4 is 20.1 Å². The lowest BCUT2D eigenvalue weighted by atomic mass is 10.0. The van der Waals surface area contributed by atoms with E-state index in [0.29, 0.717) is 24.9 Å². The van der Waals surface area contributed by atoms with Gasteiger partial charge in [0.15, 0.2) is 6.61 Å². The van der Waals surface area contributed by atoms with E-state index in [-0.39, 0.29) is 35.7 Å². The first-order valence-electron chi connectivity index (χ1n) is 9.93. The van der Waals surface area contributed by atoms with Crippen LogP contribution in [0.3, 0.4) is 0 Å². The number of halogens is 4. The minimum Gasteiger partial charge on any atom is -0.484 e. The quantitative estimate of drug-likeness (QED) is 0.332. The number of nitrogens with one attached hydrogen (secondary N) is 2. The highest BCUT2D eigenvalue weighted by Crippen LogP contribution is 2.20. The van der Waals surface area contributed by atoms with Gasteiger partial charge in [-0.2, -0.15) is 8.78 Å². The molecule has 0 fully saturated rings. The number of hydrogen-bond acceptors (Lipinski definition) is 5. The van der Waals surface area contributed by atoms with Gasteiger partial charge < -0.3 is 20.1 Å². The molecule has 1 aromatic heterocycles. The average molecular weight is 486 g/mol. The third kappa shape index (κ3) is 9.40. The third-order valence-corrected chi connectivity index (χ3v) is 4.68. The number of ether oxygens (including phenoxy) is 2. The number of nitrogens with zero attached hydrogens (tertiary/aromatic N) is 1. The predicted molar refractivity (Wildman–Crippen MR) is 116 cm³/mol. The fourth-order valence-corrected chi connectivity index (χ4v) is 2.79. The fourth-order valence-electron chi connectivity index (χ4n) is 2.67. The largest absolute Gasteiger partial charge is 0.484 e. The fraction of sp³-hybridized carbons (Fsp3) is 0.318. The summed E-state index contributed by atoms with van der Waals surface area (Å²) in [5.74, 6) is -1.81. The second-order valence-corrected chi connectivity index (χ2v) is 7.21. The smallest absolute Gasteiger partial charge is 0.388 e. The molecule has 1 atom stereocenters. The van der Waals surface area contributed by atoms with Crippen LogP contribution in [0.4, 0.5) is 13.2 Å². The number of aromatic nitrogens is 1. The van der Waals surface area contributed by atoms with Crippen LogP contribution in [0, 0.1) is 11.7 Å². The molecule has 0 bridgehead atoms. The molecule has 2 aromatic rings. The summed E-state index contributed by atoms with van der Waals surface area (Å²) in [5.41, 5.74) is 0.612. The van der Waals surface area contributed by atoms with Crippen molar-refractivity contribution in [1.29, 1.82) is 0 Å². The van der Waals surface area contributed by atoms with Crippen molar-refractivity contribution in [2.75, 3.05) is 13.2 Å². The first-order valence-corrected chi connectivity index (χ1v) is 10.3. The minimum atomic E-state index is -2.96. The van der Waals surface area contributed by atoms with Gasteiger partial charge in [-0.05, 0) is 30.5 Å². The molecular weight excluding hydrogens is 463 g/mol. The maximum Gasteiger partial charge on any atom is 0.388 e. The van der Waals surface area contributed by atoms with Crippen molar-refractivity contribution in [3.05, 3.63) is 65.6 Å². The zero-order chi connectivity index (χ0) is 24.2. The lowest BCUT2D eigenvalue weighted by Crippen LogP contribution is -2.32. The van der Waals surface area contributed by atoms with Gasteiger partial charge in [-0.15, -0.1) is 6.58 Å². The molecule has 1 aromatic carbocycles. The molecule has 0 radical (unpaired) electrons. The van der Waals surface area contributed by atoms with Crippen LogP contribution in [-0.4, -0.2) is 36.6 Å². The van der Waals surface area contributed by atoms with E-state index in [9.17, 15) is 22.8 Å². The van der Waals surface area contributed by atoms with Gasteiger partial charge in [-0.1, -0.05) is 23.7 Å². The average Bonchev–Trinajstić information content (AvgIpc) is 2.79. The second kappa shape index (κ2) is 13.3. The summed E-state index contributed by atoms with van der Waals surface area (Å²) in [4.78, 5) is 27.9. The maximum atomic E-state index is 13.3. The van der Waals surface area contributed by atoms with Gasteiger partial charge in [-0.25, -0.2) is 9.37 Å². The summed E-state index contributed by atoms with van der Waals surface area (Å²) < 4.78 is 47.0. The molecule has 2 N–H and O–H groups in total. The Kier molecular flexibility index (Phi) is 10.5. The number of carbonyl (C=O) groups is 2. The molecule has 0 spiro atoms. The second-order valence-electron chi connectivity index (χ2n) is 6.80. The number of carbonyl (C=O) groups excluding carboxylic acids is 2. The first-order chi connectivity index (χ1) is 15.8. The summed E-state index contributed by atoms with van der Waals surface area (Å²) in [6, 6.07) is 6.68. The zero-order valence-electron chi connectivity index (χ0n) is 17.5. The summed E-state index contributed by atoms with van der Waals surface area (Å²) in [7, 11) is 0. The zero-order valence-corrected chi connectivity index (χ0v) is 18.3. The SMILES string of the molecule is C=CC(CCCNC(=O)COc1ccc(Cl)c(F)c1)C(=O)NCc1ccc(OC(F)F)nc1. The van der Waals surface area contributed by atoms with Gasteiger partial charge in [0.1, 0.15) is 11.6 Å². The van der Waals surface area contributed by atoms with Crippen LogP contribution in [0.1, 0.15) is 18.4 Å². The highest BCUT2D eigenvalue weighted by atomic mass is 35.5. The van der Waals surface area contributed by atoms with Gasteiger partial charge in [0.2, 0.25) is 11.8 Å². The number of amides is 2. The van der Waals surface area contributed by atoms with Crippen LogP contribution in [0.15, 0.2) is 49.2 Å². The van der Waals surface area contributed by atoms with E-state index in [1.165, 1.54) is 36.5 Å². The van der Waals surface area contributed by atoms with E-state index in [4.69, 9.17) is 16.3 Å². The maximum absolute atomic E-state index is 13.3. The Labute approximate surface area is 193 Å². The number of pyridine rings is 1. The third-order valence-electron chi connectivity index (χ3n) is 4.37. The number of benzene rings is 1. The Hall–Kier alpha value is -3.27. The van der Waals surface area contributed by atoms with E-state index in [1.807, 2.05) is 0 Å². The molecule has 0 aliphatic carbocycles. The number of rotatable bonds is 13. The Bertz CT molecular complexity index is 945. The van der Waals surface area contributed by atoms with Crippen molar-refractivity contribution in [2.45, 2.75) is 26.0 Å². The summed E-state index contributed by atoms with van der Waals surface area (Å²) in [6.07, 6.45) is 3.79. The molecule has 0 saturated carbocycles. The van der Waals surface area contributed by atoms with Crippen molar-refractivity contribution in [3.8, 4) is 11.6 Å². The number of alkyl halides is 2. The molecule has 1 unspecified atom stereocenters. The lowest BCUT2D eigenvalue weighted by molar-refractivity contribution is -0.124. The van der Waals surface area contributed by atoms with Crippen LogP contribution in [0.25, 0.3) is 0 Å². The lowest BCUT2D eigenvalue weighted by Gasteiger charge is -2.13. The molecule has 2 amide bonds. The Morgan fingerprint density at radius 2 is 2.00 bits per heavy atom. The Balaban J connectivity index is 1.66. The van der Waals surface area contributed by atoms with E-state index in [1.54, 1.807) is 0 Å². The summed E-state index contributed by atoms with van der Waals surface area (Å²) in [5, 5.41) is 5.33. The van der Waals surface area contributed by atoms with Crippen molar-refractivity contribution in [1.82, 2.24) is 15.6 Å². The minimum absolute atomic E-state index is 0.0401.